The number of aromatic nitrogens is 2. The third kappa shape index (κ3) is 4.34. The maximum Gasteiger partial charge on any atom is 0.191 e. The van der Waals surface area contributed by atoms with Crippen molar-refractivity contribution in [1.29, 1.82) is 0 Å². The van der Waals surface area contributed by atoms with E-state index in [9.17, 15) is 0 Å². The van der Waals surface area contributed by atoms with Gasteiger partial charge in [-0.3, -0.25) is 4.68 Å². The molecule has 1 aromatic heterocycles. The van der Waals surface area contributed by atoms with E-state index in [1.54, 1.807) is 6.20 Å². The summed E-state index contributed by atoms with van der Waals surface area (Å²) >= 11 is 0. The van der Waals surface area contributed by atoms with E-state index in [1.807, 2.05) is 23.9 Å². The second kappa shape index (κ2) is 7.47. The summed E-state index contributed by atoms with van der Waals surface area (Å²) in [6.45, 7) is 6.39. The lowest BCUT2D eigenvalue weighted by atomic mass is 10.1. The first kappa shape index (κ1) is 15.1. The van der Waals surface area contributed by atoms with Gasteiger partial charge in [-0.25, -0.2) is 4.99 Å². The number of hydrogen-bond donors (Lipinski definition) is 2. The van der Waals surface area contributed by atoms with Gasteiger partial charge in [0.15, 0.2) is 5.96 Å². The van der Waals surface area contributed by atoms with Crippen molar-refractivity contribution in [1.82, 2.24) is 20.4 Å². The van der Waals surface area contributed by atoms with Crippen molar-refractivity contribution in [3.05, 3.63) is 53.3 Å². The fraction of sp³-hybridized carbons (Fsp3) is 0.375. The average Bonchev–Trinajstić information content (AvgIpc) is 2.89. The molecule has 1 aromatic carbocycles. The van der Waals surface area contributed by atoms with E-state index in [4.69, 9.17) is 0 Å². The van der Waals surface area contributed by atoms with Crippen molar-refractivity contribution >= 4 is 5.96 Å². The number of aliphatic imine (C=N–C) groups is 1. The van der Waals surface area contributed by atoms with E-state index in [1.165, 1.54) is 11.1 Å². The number of nitrogens with zero attached hydrogens (tertiary/aromatic N) is 3. The second-order valence-corrected chi connectivity index (χ2v) is 4.92. The van der Waals surface area contributed by atoms with E-state index in [0.717, 1.165) is 18.2 Å². The van der Waals surface area contributed by atoms with Gasteiger partial charge in [0.1, 0.15) is 0 Å². The van der Waals surface area contributed by atoms with Crippen molar-refractivity contribution in [3.63, 3.8) is 0 Å². The van der Waals surface area contributed by atoms with Crippen molar-refractivity contribution in [2.45, 2.75) is 26.9 Å². The van der Waals surface area contributed by atoms with E-state index >= 15 is 0 Å². The van der Waals surface area contributed by atoms with Crippen LogP contribution in [0.3, 0.4) is 0 Å². The van der Waals surface area contributed by atoms with Gasteiger partial charge in [0.05, 0.1) is 18.8 Å². The van der Waals surface area contributed by atoms with Gasteiger partial charge in [-0.1, -0.05) is 24.3 Å². The van der Waals surface area contributed by atoms with Crippen LogP contribution in [0.15, 0.2) is 41.5 Å². The van der Waals surface area contributed by atoms with Gasteiger partial charge in [0.25, 0.3) is 0 Å². The van der Waals surface area contributed by atoms with E-state index in [0.29, 0.717) is 13.1 Å². The minimum Gasteiger partial charge on any atom is -0.357 e. The lowest BCUT2D eigenvalue weighted by molar-refractivity contribution is 0.685. The maximum absolute atomic E-state index is 4.64. The number of hydrogen-bond acceptors (Lipinski definition) is 2. The molecule has 112 valence electrons. The van der Waals surface area contributed by atoms with Crippen LogP contribution in [0.5, 0.6) is 0 Å². The Morgan fingerprint density at radius 1 is 1.24 bits per heavy atom. The second-order valence-electron chi connectivity index (χ2n) is 4.92. The van der Waals surface area contributed by atoms with Crippen LogP contribution in [-0.4, -0.2) is 22.3 Å². The zero-order valence-corrected chi connectivity index (χ0v) is 12.9. The summed E-state index contributed by atoms with van der Waals surface area (Å²) in [5.74, 6) is 0.821. The number of benzene rings is 1. The first-order valence-corrected chi connectivity index (χ1v) is 7.24. The zero-order chi connectivity index (χ0) is 15.1. The molecule has 2 rings (SSSR count). The number of aryl methyl sites for hydroxylation is 2. The average molecular weight is 285 g/mol. The van der Waals surface area contributed by atoms with E-state index < -0.39 is 0 Å². The molecule has 0 aliphatic carbocycles. The molecule has 0 spiro atoms. The molecule has 5 nitrogen and oxygen atoms in total. The normalized spacial score (nSPS) is 11.5. The van der Waals surface area contributed by atoms with Gasteiger partial charge in [-0.15, -0.1) is 0 Å². The number of nitrogens with one attached hydrogen (secondary N) is 2. The third-order valence-corrected chi connectivity index (χ3v) is 3.37. The topological polar surface area (TPSA) is 54.2 Å². The van der Waals surface area contributed by atoms with Gasteiger partial charge in [0, 0.05) is 19.8 Å². The molecule has 0 aliphatic rings. The Kier molecular flexibility index (Phi) is 5.37. The largest absolute Gasteiger partial charge is 0.357 e. The Hall–Kier alpha value is -2.30. The Morgan fingerprint density at radius 2 is 2.05 bits per heavy atom. The van der Waals surface area contributed by atoms with Crippen molar-refractivity contribution in [2.75, 3.05) is 6.54 Å². The van der Waals surface area contributed by atoms with Gasteiger partial charge in [0.2, 0.25) is 0 Å². The molecular weight excluding hydrogens is 262 g/mol. The van der Waals surface area contributed by atoms with Crippen LogP contribution < -0.4 is 10.6 Å². The van der Waals surface area contributed by atoms with Gasteiger partial charge >= 0.3 is 0 Å². The van der Waals surface area contributed by atoms with Crippen LogP contribution in [0.4, 0.5) is 0 Å². The molecule has 0 saturated carbocycles. The minimum absolute atomic E-state index is 0.674. The Balaban J connectivity index is 1.99. The SMILES string of the molecule is CCNC(=NCc1ccccc1C)NCc1ccnn1C. The summed E-state index contributed by atoms with van der Waals surface area (Å²) in [6, 6.07) is 10.3. The fourth-order valence-corrected chi connectivity index (χ4v) is 2.04. The summed E-state index contributed by atoms with van der Waals surface area (Å²) in [6.07, 6.45) is 1.80. The summed E-state index contributed by atoms with van der Waals surface area (Å²) in [7, 11) is 1.94. The molecule has 1 heterocycles. The van der Waals surface area contributed by atoms with Gasteiger partial charge in [-0.2, -0.15) is 5.10 Å². The molecule has 0 aliphatic heterocycles. The van der Waals surface area contributed by atoms with Gasteiger partial charge < -0.3 is 10.6 Å². The first-order valence-electron chi connectivity index (χ1n) is 7.24. The minimum atomic E-state index is 0.674. The fourth-order valence-electron chi connectivity index (χ4n) is 2.04. The molecule has 0 atom stereocenters. The van der Waals surface area contributed by atoms with Crippen LogP contribution in [0, 0.1) is 6.92 Å². The summed E-state index contributed by atoms with van der Waals surface area (Å²) < 4.78 is 1.86. The lowest BCUT2D eigenvalue weighted by Gasteiger charge is -2.12. The molecule has 2 N–H and O–H groups in total. The smallest absolute Gasteiger partial charge is 0.191 e. The molecule has 0 saturated heterocycles. The highest BCUT2D eigenvalue weighted by atomic mass is 15.3. The molecular formula is C16H23N5. The van der Waals surface area contributed by atoms with Gasteiger partial charge in [-0.05, 0) is 31.0 Å². The molecule has 2 aromatic rings. The molecule has 21 heavy (non-hydrogen) atoms. The molecule has 0 bridgehead atoms. The highest BCUT2D eigenvalue weighted by Crippen LogP contribution is 2.07. The Bertz CT molecular complexity index is 600. The highest BCUT2D eigenvalue weighted by Gasteiger charge is 2.02. The van der Waals surface area contributed by atoms with Crippen LogP contribution in [0.2, 0.25) is 0 Å². The third-order valence-electron chi connectivity index (χ3n) is 3.37. The number of rotatable bonds is 5. The van der Waals surface area contributed by atoms with E-state index in [-0.39, 0.29) is 0 Å². The monoisotopic (exact) mass is 285 g/mol. The summed E-state index contributed by atoms with van der Waals surface area (Å²) in [5.41, 5.74) is 3.63. The highest BCUT2D eigenvalue weighted by molar-refractivity contribution is 5.79. The predicted molar refractivity (Wildman–Crippen MR) is 86.0 cm³/mol. The van der Waals surface area contributed by atoms with Crippen molar-refractivity contribution < 1.29 is 0 Å². The summed E-state index contributed by atoms with van der Waals surface area (Å²) in [5, 5.41) is 10.8. The van der Waals surface area contributed by atoms with Crippen LogP contribution in [0.25, 0.3) is 0 Å². The maximum atomic E-state index is 4.64. The van der Waals surface area contributed by atoms with Crippen LogP contribution >= 0.6 is 0 Å². The van der Waals surface area contributed by atoms with Crippen molar-refractivity contribution in [3.8, 4) is 0 Å². The van der Waals surface area contributed by atoms with Crippen molar-refractivity contribution in [2.24, 2.45) is 12.0 Å². The summed E-state index contributed by atoms with van der Waals surface area (Å²) in [4.78, 5) is 4.64. The quantitative estimate of drug-likeness (QED) is 0.652. The molecule has 5 heteroatoms. The number of guanidine groups is 1. The van der Waals surface area contributed by atoms with Crippen LogP contribution in [-0.2, 0) is 20.1 Å². The first-order chi connectivity index (χ1) is 10.2. The predicted octanol–water partition coefficient (Wildman–Crippen LogP) is 1.98. The molecule has 0 unspecified atom stereocenters. The Morgan fingerprint density at radius 3 is 2.71 bits per heavy atom. The van der Waals surface area contributed by atoms with E-state index in [2.05, 4.69) is 52.8 Å². The molecule has 0 amide bonds. The Labute approximate surface area is 126 Å². The lowest BCUT2D eigenvalue weighted by Crippen LogP contribution is -2.37. The zero-order valence-electron chi connectivity index (χ0n) is 12.9. The standard InChI is InChI=1S/C16H23N5/c1-4-17-16(19-12-15-9-10-20-21(15)3)18-11-14-8-6-5-7-13(14)2/h5-10H,4,11-12H2,1-3H3,(H2,17,18,19). The molecule has 0 radical (unpaired) electrons. The molecule has 0 fully saturated rings. The van der Waals surface area contributed by atoms with Crippen LogP contribution in [0.1, 0.15) is 23.7 Å².